The lowest BCUT2D eigenvalue weighted by atomic mass is 10.1. The largest absolute Gasteiger partial charge is 0.311 e. The Morgan fingerprint density at radius 2 is 1.43 bits per heavy atom. The van der Waals surface area contributed by atoms with Crippen molar-refractivity contribution in [3.63, 3.8) is 0 Å². The average molecular weight is 350 g/mol. The molecule has 0 atom stereocenters. The Kier molecular flexibility index (Phi) is 5.23. The van der Waals surface area contributed by atoms with Crippen molar-refractivity contribution in [2.24, 2.45) is 0 Å². The van der Waals surface area contributed by atoms with Gasteiger partial charge in [0.2, 0.25) is 9.84 Å². The molecule has 0 spiro atoms. The maximum Gasteiger partial charge on any atom is 0.256 e. The summed E-state index contributed by atoms with van der Waals surface area (Å²) in [6.07, 6.45) is 0. The van der Waals surface area contributed by atoms with Crippen molar-refractivity contribution in [1.29, 1.82) is 0 Å². The minimum atomic E-state index is -3.88. The topological polar surface area (TPSA) is 63.2 Å². The highest BCUT2D eigenvalue weighted by Crippen LogP contribution is 2.19. The Balaban J connectivity index is 2.27. The van der Waals surface area contributed by atoms with Gasteiger partial charge in [0.25, 0.3) is 5.91 Å². The zero-order chi connectivity index (χ0) is 17.0. The smallest absolute Gasteiger partial charge is 0.256 e. The number of benzene rings is 2. The van der Waals surface area contributed by atoms with Gasteiger partial charge in [0.1, 0.15) is 0 Å². The number of hydrogen-bond donors (Lipinski definition) is 1. The fourth-order valence-electron chi connectivity index (χ4n) is 1.89. The SMILES string of the molecule is Cc1ccc(C(=O)N/C(=C/Cl)S(=O)(=O)c2ccc(C)cc2)cc1. The van der Waals surface area contributed by atoms with Crippen molar-refractivity contribution in [1.82, 2.24) is 5.32 Å². The Bertz CT molecular complexity index is 838. The highest BCUT2D eigenvalue weighted by Gasteiger charge is 2.22. The van der Waals surface area contributed by atoms with Crippen LogP contribution in [0.1, 0.15) is 21.5 Å². The van der Waals surface area contributed by atoms with E-state index in [1.165, 1.54) is 12.1 Å². The van der Waals surface area contributed by atoms with E-state index in [9.17, 15) is 13.2 Å². The van der Waals surface area contributed by atoms with Gasteiger partial charge in [0, 0.05) is 11.1 Å². The van der Waals surface area contributed by atoms with Gasteiger partial charge in [-0.05, 0) is 38.1 Å². The molecule has 0 saturated heterocycles. The van der Waals surface area contributed by atoms with Crippen LogP contribution < -0.4 is 5.32 Å². The Morgan fingerprint density at radius 3 is 1.91 bits per heavy atom. The number of carbonyl (C=O) groups excluding carboxylic acids is 1. The van der Waals surface area contributed by atoms with E-state index in [-0.39, 0.29) is 9.92 Å². The maximum atomic E-state index is 12.5. The van der Waals surface area contributed by atoms with E-state index in [0.29, 0.717) is 5.56 Å². The molecule has 4 nitrogen and oxygen atoms in total. The summed E-state index contributed by atoms with van der Waals surface area (Å²) in [5, 5.41) is 2.00. The molecule has 2 rings (SSSR count). The Hall–Kier alpha value is -2.11. The second-order valence-corrected chi connectivity index (χ2v) is 7.25. The van der Waals surface area contributed by atoms with Crippen molar-refractivity contribution in [2.45, 2.75) is 18.7 Å². The van der Waals surface area contributed by atoms with Gasteiger partial charge in [0.15, 0.2) is 5.03 Å². The van der Waals surface area contributed by atoms with Crippen LogP contribution in [0.5, 0.6) is 0 Å². The summed E-state index contributed by atoms with van der Waals surface area (Å²) in [7, 11) is -3.88. The summed E-state index contributed by atoms with van der Waals surface area (Å²) in [6.45, 7) is 3.75. The highest BCUT2D eigenvalue weighted by molar-refractivity contribution is 7.95. The molecular formula is C17H16ClNO3S. The number of rotatable bonds is 4. The number of carbonyl (C=O) groups is 1. The molecular weight excluding hydrogens is 334 g/mol. The van der Waals surface area contributed by atoms with Crippen LogP contribution in [-0.4, -0.2) is 14.3 Å². The molecule has 1 N–H and O–H groups in total. The number of sulfone groups is 1. The molecule has 0 bridgehead atoms. The molecule has 0 heterocycles. The molecule has 0 aliphatic carbocycles. The summed E-state index contributed by atoms with van der Waals surface area (Å²) in [6, 6.07) is 13.1. The Labute approximate surface area is 140 Å². The van der Waals surface area contributed by atoms with E-state index in [2.05, 4.69) is 5.32 Å². The third kappa shape index (κ3) is 4.00. The van der Waals surface area contributed by atoms with Crippen molar-refractivity contribution in [2.75, 3.05) is 0 Å². The van der Waals surface area contributed by atoms with Crippen LogP contribution in [0.25, 0.3) is 0 Å². The third-order valence-electron chi connectivity index (χ3n) is 3.27. The molecule has 120 valence electrons. The second-order valence-electron chi connectivity index (χ2n) is 5.11. The molecule has 23 heavy (non-hydrogen) atoms. The predicted molar refractivity (Wildman–Crippen MR) is 90.9 cm³/mol. The van der Waals surface area contributed by atoms with Crippen LogP contribution in [0.15, 0.2) is 64.0 Å². The van der Waals surface area contributed by atoms with Crippen LogP contribution in [-0.2, 0) is 9.84 Å². The molecule has 0 aromatic heterocycles. The van der Waals surface area contributed by atoms with E-state index < -0.39 is 15.7 Å². The molecule has 0 fully saturated rings. The average Bonchev–Trinajstić information content (AvgIpc) is 2.53. The van der Waals surface area contributed by atoms with Gasteiger partial charge in [-0.15, -0.1) is 0 Å². The molecule has 0 aliphatic rings. The third-order valence-corrected chi connectivity index (χ3v) is 5.31. The van der Waals surface area contributed by atoms with Gasteiger partial charge in [-0.1, -0.05) is 47.0 Å². The summed E-state index contributed by atoms with van der Waals surface area (Å²) < 4.78 is 25.1. The van der Waals surface area contributed by atoms with E-state index in [0.717, 1.165) is 16.7 Å². The standard InChI is InChI=1S/C17H16ClNO3S/c1-12-3-7-14(8-4-12)17(20)19-16(11-18)23(21,22)15-9-5-13(2)6-10-15/h3-11H,1-2H3,(H,19,20)/b16-11-. The van der Waals surface area contributed by atoms with Crippen molar-refractivity contribution < 1.29 is 13.2 Å². The molecule has 2 aromatic carbocycles. The van der Waals surface area contributed by atoms with Crippen molar-refractivity contribution in [3.8, 4) is 0 Å². The quantitative estimate of drug-likeness (QED) is 0.918. The predicted octanol–water partition coefficient (Wildman–Crippen LogP) is 3.54. The molecule has 0 radical (unpaired) electrons. The fourth-order valence-corrected chi connectivity index (χ4v) is 3.39. The van der Waals surface area contributed by atoms with Gasteiger partial charge < -0.3 is 5.32 Å². The van der Waals surface area contributed by atoms with Gasteiger partial charge in [-0.2, -0.15) is 0 Å². The van der Waals surface area contributed by atoms with Gasteiger partial charge >= 0.3 is 0 Å². The zero-order valence-electron chi connectivity index (χ0n) is 12.7. The second kappa shape index (κ2) is 6.98. The number of amides is 1. The number of nitrogens with one attached hydrogen (secondary N) is 1. The summed E-state index contributed by atoms with van der Waals surface area (Å²) in [4.78, 5) is 12.3. The lowest BCUT2D eigenvalue weighted by Crippen LogP contribution is -2.27. The van der Waals surface area contributed by atoms with Crippen molar-refractivity contribution >= 4 is 27.3 Å². The van der Waals surface area contributed by atoms with E-state index in [1.807, 2.05) is 13.8 Å². The van der Waals surface area contributed by atoms with Crippen LogP contribution in [0, 0.1) is 13.8 Å². The monoisotopic (exact) mass is 349 g/mol. The normalized spacial score (nSPS) is 12.0. The fraction of sp³-hybridized carbons (Fsp3) is 0.118. The summed E-state index contributed by atoms with van der Waals surface area (Å²) in [5.74, 6) is -0.535. The first-order valence-corrected chi connectivity index (χ1v) is 8.76. The van der Waals surface area contributed by atoms with Crippen LogP contribution in [0.2, 0.25) is 0 Å². The molecule has 0 unspecified atom stereocenters. The van der Waals surface area contributed by atoms with Gasteiger partial charge in [0.05, 0.1) is 4.90 Å². The van der Waals surface area contributed by atoms with Gasteiger partial charge in [-0.25, -0.2) is 8.42 Å². The Morgan fingerprint density at radius 1 is 0.957 bits per heavy atom. The number of aryl methyl sites for hydroxylation is 2. The van der Waals surface area contributed by atoms with Crippen LogP contribution >= 0.6 is 11.6 Å². The molecule has 1 amide bonds. The van der Waals surface area contributed by atoms with E-state index >= 15 is 0 Å². The first-order valence-electron chi connectivity index (χ1n) is 6.85. The van der Waals surface area contributed by atoms with E-state index in [1.54, 1.807) is 36.4 Å². The highest BCUT2D eigenvalue weighted by atomic mass is 35.5. The molecule has 0 aliphatic heterocycles. The number of halogens is 1. The molecule has 0 saturated carbocycles. The number of hydrogen-bond acceptors (Lipinski definition) is 3. The maximum absolute atomic E-state index is 12.5. The zero-order valence-corrected chi connectivity index (χ0v) is 14.3. The summed E-state index contributed by atoms with van der Waals surface area (Å²) in [5.41, 5.74) is 3.15. The first-order chi connectivity index (χ1) is 10.8. The minimum absolute atomic E-state index is 0.0687. The van der Waals surface area contributed by atoms with Crippen molar-refractivity contribution in [3.05, 3.63) is 75.8 Å². The summed E-state index contributed by atoms with van der Waals surface area (Å²) >= 11 is 5.63. The molecule has 2 aromatic rings. The van der Waals surface area contributed by atoms with Crippen LogP contribution in [0.4, 0.5) is 0 Å². The molecule has 6 heteroatoms. The lowest BCUT2D eigenvalue weighted by Gasteiger charge is -2.10. The van der Waals surface area contributed by atoms with E-state index in [4.69, 9.17) is 11.6 Å². The van der Waals surface area contributed by atoms with Crippen LogP contribution in [0.3, 0.4) is 0 Å². The van der Waals surface area contributed by atoms with Gasteiger partial charge in [-0.3, -0.25) is 4.79 Å². The lowest BCUT2D eigenvalue weighted by molar-refractivity contribution is 0.0968. The first kappa shape index (κ1) is 17.2. The minimum Gasteiger partial charge on any atom is -0.311 e.